The number of hydrogen-bond acceptors (Lipinski definition) is 5. The highest BCUT2D eigenvalue weighted by Gasteiger charge is 2.16. The number of nitrogens with one attached hydrogen (secondary N) is 2. The Kier molecular flexibility index (Phi) is 5.12. The van der Waals surface area contributed by atoms with Crippen LogP contribution in [0.2, 0.25) is 0 Å². The van der Waals surface area contributed by atoms with Gasteiger partial charge in [0, 0.05) is 13.1 Å². The Hall–Kier alpha value is -0.730. The third-order valence-electron chi connectivity index (χ3n) is 2.52. The average Bonchev–Trinajstić information content (AvgIpc) is 3.05. The summed E-state index contributed by atoms with van der Waals surface area (Å²) in [6, 6.07) is 3.64. The molecule has 0 unspecified atom stereocenters. The first-order chi connectivity index (χ1) is 9.12. The Balaban J connectivity index is 2.00. The zero-order valence-corrected chi connectivity index (χ0v) is 13.0. The topological polar surface area (TPSA) is 58.2 Å². The van der Waals surface area contributed by atoms with Crippen molar-refractivity contribution >= 4 is 32.7 Å². The normalized spacial score (nSPS) is 11.8. The second-order valence-electron chi connectivity index (χ2n) is 4.01. The fourth-order valence-corrected chi connectivity index (χ4v) is 4.44. The van der Waals surface area contributed by atoms with E-state index < -0.39 is 10.0 Å². The Morgan fingerprint density at radius 2 is 2.05 bits per heavy atom. The second kappa shape index (κ2) is 6.62. The van der Waals surface area contributed by atoms with Gasteiger partial charge in [-0.1, -0.05) is 6.92 Å². The molecule has 2 heterocycles. The maximum Gasteiger partial charge on any atom is 0.250 e. The Bertz CT molecular complexity index is 603. The van der Waals surface area contributed by atoms with Crippen molar-refractivity contribution in [3.63, 3.8) is 0 Å². The van der Waals surface area contributed by atoms with E-state index in [4.69, 9.17) is 0 Å². The summed E-state index contributed by atoms with van der Waals surface area (Å²) in [7, 11) is -3.40. The van der Waals surface area contributed by atoms with Crippen molar-refractivity contribution in [1.29, 1.82) is 0 Å². The molecule has 0 aromatic carbocycles. The molecule has 0 saturated carbocycles. The van der Waals surface area contributed by atoms with Crippen LogP contribution in [0.1, 0.15) is 18.1 Å². The van der Waals surface area contributed by atoms with E-state index in [0.29, 0.717) is 17.3 Å². The van der Waals surface area contributed by atoms with Crippen LogP contribution in [0.4, 0.5) is 0 Å². The lowest BCUT2D eigenvalue weighted by molar-refractivity contribution is 0.583. The Labute approximate surface area is 121 Å². The van der Waals surface area contributed by atoms with Gasteiger partial charge in [0.15, 0.2) is 0 Å². The van der Waals surface area contributed by atoms with Crippen molar-refractivity contribution < 1.29 is 8.42 Å². The predicted molar refractivity (Wildman–Crippen MR) is 80.0 cm³/mol. The smallest absolute Gasteiger partial charge is 0.250 e. The van der Waals surface area contributed by atoms with Gasteiger partial charge < -0.3 is 5.32 Å². The lowest BCUT2D eigenvalue weighted by Gasteiger charge is -2.02. The van der Waals surface area contributed by atoms with Gasteiger partial charge in [0.2, 0.25) is 10.0 Å². The van der Waals surface area contributed by atoms with Gasteiger partial charge in [-0.3, -0.25) is 0 Å². The highest BCUT2D eigenvalue weighted by Crippen LogP contribution is 2.20. The van der Waals surface area contributed by atoms with Crippen LogP contribution in [-0.4, -0.2) is 15.0 Å². The summed E-state index contributed by atoms with van der Waals surface area (Å²) in [6.45, 7) is 3.93. The molecule has 4 nitrogen and oxygen atoms in total. The summed E-state index contributed by atoms with van der Waals surface area (Å²) in [5.74, 6) is 0. The zero-order valence-electron chi connectivity index (χ0n) is 10.5. The van der Waals surface area contributed by atoms with Gasteiger partial charge in [-0.15, -0.1) is 11.3 Å². The molecule has 2 aromatic rings. The first-order valence-electron chi connectivity index (χ1n) is 5.90. The monoisotopic (exact) mass is 316 g/mol. The molecule has 19 heavy (non-hydrogen) atoms. The summed E-state index contributed by atoms with van der Waals surface area (Å²) in [4.78, 5) is 0. The third kappa shape index (κ3) is 4.12. The van der Waals surface area contributed by atoms with Crippen molar-refractivity contribution in [2.45, 2.75) is 24.2 Å². The van der Waals surface area contributed by atoms with Gasteiger partial charge in [0.05, 0.1) is 0 Å². The van der Waals surface area contributed by atoms with Crippen LogP contribution in [0.15, 0.2) is 32.5 Å². The summed E-state index contributed by atoms with van der Waals surface area (Å²) >= 11 is 2.81. The minimum Gasteiger partial charge on any atom is -0.313 e. The standard InChI is InChI=1S/C12H16N2O2S3/c1-2-13-6-11-5-12(18-9-11)19(15,16)14-7-10-3-4-17-8-10/h3-5,8-9,13-14H,2,6-7H2,1H3. The third-order valence-corrected chi connectivity index (χ3v) is 6.14. The van der Waals surface area contributed by atoms with E-state index in [1.807, 2.05) is 29.1 Å². The molecule has 0 aliphatic heterocycles. The van der Waals surface area contributed by atoms with Crippen molar-refractivity contribution in [2.75, 3.05) is 6.54 Å². The minimum absolute atomic E-state index is 0.340. The summed E-state index contributed by atoms with van der Waals surface area (Å²) in [5.41, 5.74) is 1.99. The minimum atomic E-state index is -3.40. The summed E-state index contributed by atoms with van der Waals surface area (Å²) < 4.78 is 27.2. The van der Waals surface area contributed by atoms with E-state index in [1.54, 1.807) is 17.4 Å². The summed E-state index contributed by atoms with van der Waals surface area (Å²) in [5, 5.41) is 8.93. The van der Waals surface area contributed by atoms with E-state index >= 15 is 0 Å². The van der Waals surface area contributed by atoms with Crippen LogP contribution < -0.4 is 10.0 Å². The van der Waals surface area contributed by atoms with Crippen LogP contribution >= 0.6 is 22.7 Å². The first-order valence-corrected chi connectivity index (χ1v) is 9.21. The van der Waals surface area contributed by atoms with Gasteiger partial charge in [-0.2, -0.15) is 11.3 Å². The number of thiophene rings is 2. The molecule has 0 amide bonds. The molecule has 2 aromatic heterocycles. The van der Waals surface area contributed by atoms with Gasteiger partial charge in [0.25, 0.3) is 0 Å². The molecule has 0 atom stereocenters. The maximum atomic E-state index is 12.1. The molecular formula is C12H16N2O2S3. The highest BCUT2D eigenvalue weighted by molar-refractivity contribution is 7.91. The average molecular weight is 316 g/mol. The molecule has 0 spiro atoms. The van der Waals surface area contributed by atoms with Crippen LogP contribution in [0, 0.1) is 0 Å². The van der Waals surface area contributed by atoms with Gasteiger partial charge in [-0.25, -0.2) is 13.1 Å². The second-order valence-corrected chi connectivity index (χ2v) is 7.70. The predicted octanol–water partition coefficient (Wildman–Crippen LogP) is 2.40. The SMILES string of the molecule is CCNCc1csc(S(=O)(=O)NCc2ccsc2)c1. The van der Waals surface area contributed by atoms with Crippen LogP contribution in [-0.2, 0) is 23.1 Å². The molecule has 7 heteroatoms. The molecule has 0 radical (unpaired) electrons. The molecule has 0 aliphatic rings. The van der Waals surface area contributed by atoms with Gasteiger partial charge >= 0.3 is 0 Å². The zero-order chi connectivity index (χ0) is 13.7. The Morgan fingerprint density at radius 1 is 1.21 bits per heavy atom. The molecule has 0 bridgehead atoms. The van der Waals surface area contributed by atoms with Gasteiger partial charge in [-0.05, 0) is 45.9 Å². The van der Waals surface area contributed by atoms with Crippen molar-refractivity contribution in [3.8, 4) is 0 Å². The lowest BCUT2D eigenvalue weighted by Crippen LogP contribution is -2.22. The molecule has 104 valence electrons. The van der Waals surface area contributed by atoms with Crippen LogP contribution in [0.25, 0.3) is 0 Å². The largest absolute Gasteiger partial charge is 0.313 e. The fraction of sp³-hybridized carbons (Fsp3) is 0.333. The van der Waals surface area contributed by atoms with Crippen molar-refractivity contribution in [1.82, 2.24) is 10.0 Å². The van der Waals surface area contributed by atoms with Crippen molar-refractivity contribution in [2.24, 2.45) is 0 Å². The van der Waals surface area contributed by atoms with Gasteiger partial charge in [0.1, 0.15) is 4.21 Å². The summed E-state index contributed by atoms with van der Waals surface area (Å²) in [6.07, 6.45) is 0. The molecule has 2 rings (SSSR count). The number of hydrogen-bond donors (Lipinski definition) is 2. The quantitative estimate of drug-likeness (QED) is 0.824. The van der Waals surface area contributed by atoms with Crippen molar-refractivity contribution in [3.05, 3.63) is 39.4 Å². The molecule has 0 saturated heterocycles. The van der Waals surface area contributed by atoms with E-state index in [1.165, 1.54) is 11.3 Å². The number of sulfonamides is 1. The fourth-order valence-electron chi connectivity index (χ4n) is 1.50. The lowest BCUT2D eigenvalue weighted by atomic mass is 10.3. The molecule has 0 aliphatic carbocycles. The molecule has 0 fully saturated rings. The van der Waals surface area contributed by atoms with Crippen LogP contribution in [0.5, 0.6) is 0 Å². The maximum absolute atomic E-state index is 12.1. The van der Waals surface area contributed by atoms with E-state index in [0.717, 1.165) is 17.7 Å². The molecule has 2 N–H and O–H groups in total. The number of rotatable bonds is 7. The van der Waals surface area contributed by atoms with E-state index in [9.17, 15) is 8.42 Å². The molecular weight excluding hydrogens is 300 g/mol. The van der Waals surface area contributed by atoms with E-state index in [2.05, 4.69) is 10.0 Å². The highest BCUT2D eigenvalue weighted by atomic mass is 32.2. The Morgan fingerprint density at radius 3 is 2.74 bits per heavy atom. The van der Waals surface area contributed by atoms with E-state index in [-0.39, 0.29) is 0 Å². The van der Waals surface area contributed by atoms with Crippen LogP contribution in [0.3, 0.4) is 0 Å². The first kappa shape index (κ1) is 14.7.